The third-order valence-electron chi connectivity index (χ3n) is 5.25. The topological polar surface area (TPSA) is 58.2 Å². The van der Waals surface area contributed by atoms with Crippen LogP contribution in [0.4, 0.5) is 24.5 Å². The summed E-state index contributed by atoms with van der Waals surface area (Å²) >= 11 is 0. The molecule has 2 aliphatic carbocycles. The standard InChI is InChI=1S/C18H21F3N2O2/c1-10(24)22-14-4-5-16(15(9-14)18(19,20)21)23-17(25)8-13-7-11-2-3-12(13)6-11/h4-5,9,11-13H,2-3,6-8H2,1H3,(H,22,24)(H,23,25). The predicted octanol–water partition coefficient (Wildman–Crippen LogP) is 4.43. The van der Waals surface area contributed by atoms with E-state index in [1.807, 2.05) is 0 Å². The van der Waals surface area contributed by atoms with Gasteiger partial charge in [-0.25, -0.2) is 0 Å². The van der Waals surface area contributed by atoms with Gasteiger partial charge in [0.05, 0.1) is 11.3 Å². The molecule has 3 unspecified atom stereocenters. The zero-order valence-electron chi connectivity index (χ0n) is 14.0. The SMILES string of the molecule is CC(=O)Nc1ccc(NC(=O)CC2CC3CCC2C3)c(C(F)(F)F)c1. The van der Waals surface area contributed by atoms with Gasteiger partial charge < -0.3 is 10.6 Å². The number of amides is 2. The number of carbonyl (C=O) groups is 2. The normalized spacial score (nSPS) is 25.0. The zero-order chi connectivity index (χ0) is 18.2. The second kappa shape index (κ2) is 6.69. The monoisotopic (exact) mass is 354 g/mol. The summed E-state index contributed by atoms with van der Waals surface area (Å²) in [5.74, 6) is 0.675. The van der Waals surface area contributed by atoms with Crippen molar-refractivity contribution < 1.29 is 22.8 Å². The van der Waals surface area contributed by atoms with Gasteiger partial charge in [0, 0.05) is 19.0 Å². The molecule has 3 rings (SSSR count). The molecule has 1 aromatic carbocycles. The number of carbonyl (C=O) groups excluding carboxylic acids is 2. The van der Waals surface area contributed by atoms with E-state index in [-0.39, 0.29) is 29.6 Å². The van der Waals surface area contributed by atoms with E-state index in [1.54, 1.807) is 0 Å². The van der Waals surface area contributed by atoms with E-state index in [0.717, 1.165) is 25.3 Å². The van der Waals surface area contributed by atoms with Crippen LogP contribution in [0.5, 0.6) is 0 Å². The van der Waals surface area contributed by atoms with Gasteiger partial charge in [-0.3, -0.25) is 9.59 Å². The molecule has 2 N–H and O–H groups in total. The molecule has 0 heterocycles. The van der Waals surface area contributed by atoms with Crippen LogP contribution in [0.15, 0.2) is 18.2 Å². The summed E-state index contributed by atoms with van der Waals surface area (Å²) in [4.78, 5) is 23.3. The maximum absolute atomic E-state index is 13.3. The van der Waals surface area contributed by atoms with Crippen LogP contribution in [0.2, 0.25) is 0 Å². The zero-order valence-corrected chi connectivity index (χ0v) is 14.0. The van der Waals surface area contributed by atoms with Crippen molar-refractivity contribution in [1.82, 2.24) is 0 Å². The van der Waals surface area contributed by atoms with Crippen molar-refractivity contribution in [3.8, 4) is 0 Å². The van der Waals surface area contributed by atoms with Crippen molar-refractivity contribution in [1.29, 1.82) is 0 Å². The molecule has 7 heteroatoms. The van der Waals surface area contributed by atoms with Crippen LogP contribution in [-0.4, -0.2) is 11.8 Å². The van der Waals surface area contributed by atoms with Gasteiger partial charge in [-0.2, -0.15) is 13.2 Å². The number of benzene rings is 1. The van der Waals surface area contributed by atoms with E-state index >= 15 is 0 Å². The minimum absolute atomic E-state index is 0.0472. The molecule has 0 aromatic heterocycles. The Morgan fingerprint density at radius 1 is 1.16 bits per heavy atom. The van der Waals surface area contributed by atoms with E-state index in [1.165, 1.54) is 25.5 Å². The Hall–Kier alpha value is -2.05. The van der Waals surface area contributed by atoms with Crippen LogP contribution in [0.1, 0.15) is 44.6 Å². The summed E-state index contributed by atoms with van der Waals surface area (Å²) in [6.45, 7) is 1.22. The molecule has 1 aromatic rings. The van der Waals surface area contributed by atoms with Crippen LogP contribution < -0.4 is 10.6 Å². The van der Waals surface area contributed by atoms with Crippen molar-refractivity contribution in [2.75, 3.05) is 10.6 Å². The lowest BCUT2D eigenvalue weighted by Gasteiger charge is -2.21. The van der Waals surface area contributed by atoms with Gasteiger partial charge in [-0.15, -0.1) is 0 Å². The summed E-state index contributed by atoms with van der Waals surface area (Å²) in [5, 5.41) is 4.74. The molecular formula is C18H21F3N2O2. The first kappa shape index (κ1) is 17.8. The van der Waals surface area contributed by atoms with Crippen molar-refractivity contribution >= 4 is 23.2 Å². The molecular weight excluding hydrogens is 333 g/mol. The Balaban J connectivity index is 1.72. The largest absolute Gasteiger partial charge is 0.418 e. The lowest BCUT2D eigenvalue weighted by Crippen LogP contribution is -2.22. The Bertz CT molecular complexity index is 687. The van der Waals surface area contributed by atoms with E-state index in [2.05, 4.69) is 10.6 Å². The maximum Gasteiger partial charge on any atom is 0.418 e. The number of nitrogens with one attached hydrogen (secondary N) is 2. The van der Waals surface area contributed by atoms with Crippen LogP contribution >= 0.6 is 0 Å². The Morgan fingerprint density at radius 3 is 2.48 bits per heavy atom. The van der Waals surface area contributed by atoms with Crippen molar-refractivity contribution in [3.63, 3.8) is 0 Å². The molecule has 4 nitrogen and oxygen atoms in total. The second-order valence-electron chi connectivity index (χ2n) is 7.13. The van der Waals surface area contributed by atoms with Gasteiger partial charge in [0.2, 0.25) is 11.8 Å². The van der Waals surface area contributed by atoms with Gasteiger partial charge in [0.1, 0.15) is 0 Å². The molecule has 0 radical (unpaired) electrons. The predicted molar refractivity (Wildman–Crippen MR) is 87.9 cm³/mol. The number of fused-ring (bicyclic) bond motifs is 2. The smallest absolute Gasteiger partial charge is 0.326 e. The highest BCUT2D eigenvalue weighted by molar-refractivity contribution is 5.93. The number of hydrogen-bond acceptors (Lipinski definition) is 2. The van der Waals surface area contributed by atoms with Gasteiger partial charge >= 0.3 is 6.18 Å². The summed E-state index contributed by atoms with van der Waals surface area (Å²) in [6, 6.07) is 3.38. The highest BCUT2D eigenvalue weighted by Crippen LogP contribution is 2.49. The molecule has 25 heavy (non-hydrogen) atoms. The third kappa shape index (κ3) is 4.14. The quantitative estimate of drug-likeness (QED) is 0.840. The van der Waals surface area contributed by atoms with Gasteiger partial charge in [0.25, 0.3) is 0 Å². The van der Waals surface area contributed by atoms with Crippen LogP contribution in [0.25, 0.3) is 0 Å². The minimum atomic E-state index is -4.62. The Morgan fingerprint density at radius 2 is 1.92 bits per heavy atom. The molecule has 2 bridgehead atoms. The average molecular weight is 354 g/mol. The van der Waals surface area contributed by atoms with E-state index in [4.69, 9.17) is 0 Å². The maximum atomic E-state index is 13.3. The first-order valence-corrected chi connectivity index (χ1v) is 8.51. The molecule has 0 spiro atoms. The fourth-order valence-corrected chi connectivity index (χ4v) is 4.23. The second-order valence-corrected chi connectivity index (χ2v) is 7.13. The minimum Gasteiger partial charge on any atom is -0.326 e. The number of alkyl halides is 3. The number of hydrogen-bond donors (Lipinski definition) is 2. The molecule has 2 amide bonds. The molecule has 0 aliphatic heterocycles. The van der Waals surface area contributed by atoms with E-state index in [9.17, 15) is 22.8 Å². The summed E-state index contributed by atoms with van der Waals surface area (Å²) in [5.41, 5.74) is -1.18. The number of anilines is 2. The number of rotatable bonds is 4. The van der Waals surface area contributed by atoms with Crippen LogP contribution in [-0.2, 0) is 15.8 Å². The summed E-state index contributed by atoms with van der Waals surface area (Å²) in [6.07, 6.45) is 0.145. The highest BCUT2D eigenvalue weighted by atomic mass is 19.4. The lowest BCUT2D eigenvalue weighted by molar-refractivity contribution is -0.137. The fraction of sp³-hybridized carbons (Fsp3) is 0.556. The lowest BCUT2D eigenvalue weighted by atomic mass is 9.86. The molecule has 2 fully saturated rings. The molecule has 2 saturated carbocycles. The molecule has 3 atom stereocenters. The molecule has 0 saturated heterocycles. The van der Waals surface area contributed by atoms with Gasteiger partial charge in [-0.05, 0) is 55.2 Å². The van der Waals surface area contributed by atoms with Crippen molar-refractivity contribution in [2.45, 2.75) is 45.2 Å². The Labute approximate surface area is 144 Å². The average Bonchev–Trinajstić information content (AvgIpc) is 3.09. The molecule has 2 aliphatic rings. The first-order valence-electron chi connectivity index (χ1n) is 8.51. The van der Waals surface area contributed by atoms with Crippen LogP contribution in [0, 0.1) is 17.8 Å². The van der Waals surface area contributed by atoms with E-state index < -0.39 is 17.6 Å². The van der Waals surface area contributed by atoms with E-state index in [0.29, 0.717) is 11.8 Å². The van der Waals surface area contributed by atoms with Gasteiger partial charge in [0.15, 0.2) is 0 Å². The first-order chi connectivity index (χ1) is 11.7. The van der Waals surface area contributed by atoms with Crippen molar-refractivity contribution in [3.05, 3.63) is 23.8 Å². The summed E-state index contributed by atoms with van der Waals surface area (Å²) < 4.78 is 39.8. The highest BCUT2D eigenvalue weighted by Gasteiger charge is 2.40. The molecule has 136 valence electrons. The fourth-order valence-electron chi connectivity index (χ4n) is 4.23. The van der Waals surface area contributed by atoms with Crippen molar-refractivity contribution in [2.24, 2.45) is 17.8 Å². The number of halogens is 3. The Kier molecular flexibility index (Phi) is 4.75. The third-order valence-corrected chi connectivity index (χ3v) is 5.25. The summed E-state index contributed by atoms with van der Waals surface area (Å²) in [7, 11) is 0. The van der Waals surface area contributed by atoms with Crippen LogP contribution in [0.3, 0.4) is 0 Å². The van der Waals surface area contributed by atoms with Gasteiger partial charge in [-0.1, -0.05) is 6.42 Å².